The van der Waals surface area contributed by atoms with Gasteiger partial charge in [0.15, 0.2) is 0 Å². The molecule has 0 spiro atoms. The maximum absolute atomic E-state index is 12.7. The molecule has 4 rings (SSSR count). The van der Waals surface area contributed by atoms with Gasteiger partial charge in [0, 0.05) is 11.4 Å². The van der Waals surface area contributed by atoms with E-state index in [2.05, 4.69) is 4.98 Å². The molecule has 6 nitrogen and oxygen atoms in total. The topological polar surface area (TPSA) is 78.3 Å². The van der Waals surface area contributed by atoms with Crippen LogP contribution in [0.15, 0.2) is 77.9 Å². The summed E-state index contributed by atoms with van der Waals surface area (Å²) in [7, 11) is -3.83. The first-order valence-corrected chi connectivity index (χ1v) is 10.9. The number of para-hydroxylation sites is 1. The lowest BCUT2D eigenvalue weighted by Gasteiger charge is -2.08. The van der Waals surface area contributed by atoms with Crippen LogP contribution in [0.3, 0.4) is 0 Å². The molecule has 0 saturated heterocycles. The van der Waals surface area contributed by atoms with Gasteiger partial charge < -0.3 is 4.18 Å². The van der Waals surface area contributed by atoms with Crippen molar-refractivity contribution in [3.8, 4) is 16.2 Å². The molecule has 0 aliphatic rings. The lowest BCUT2D eigenvalue weighted by Crippen LogP contribution is -2.25. The third-order valence-electron chi connectivity index (χ3n) is 4.13. The summed E-state index contributed by atoms with van der Waals surface area (Å²) in [5.41, 5.74) is 0.744. The highest BCUT2D eigenvalue weighted by atomic mass is 32.2. The van der Waals surface area contributed by atoms with Crippen molar-refractivity contribution in [2.24, 2.45) is 0 Å². The summed E-state index contributed by atoms with van der Waals surface area (Å²) in [5.74, 6) is -0.0845. The van der Waals surface area contributed by atoms with E-state index in [4.69, 9.17) is 4.18 Å². The van der Waals surface area contributed by atoms with Crippen LogP contribution in [0.4, 0.5) is 0 Å². The number of aromatic nitrogens is 2. The lowest BCUT2D eigenvalue weighted by atomic mass is 10.2. The number of nitrogens with zero attached hydrogens (tertiary/aromatic N) is 2. The average Bonchev–Trinajstić information content (AvgIpc) is 3.14. The van der Waals surface area contributed by atoms with E-state index in [1.807, 2.05) is 30.3 Å². The van der Waals surface area contributed by atoms with Crippen LogP contribution in [-0.2, 0) is 16.7 Å². The summed E-state index contributed by atoms with van der Waals surface area (Å²) in [5, 5.41) is 0.479. The zero-order chi connectivity index (χ0) is 19.6. The number of rotatable bonds is 6. The van der Waals surface area contributed by atoms with Crippen molar-refractivity contribution in [1.82, 2.24) is 9.55 Å². The molecule has 0 N–H and O–H groups in total. The van der Waals surface area contributed by atoms with Crippen molar-refractivity contribution in [2.75, 3.05) is 5.75 Å². The first kappa shape index (κ1) is 18.4. The molecule has 0 bridgehead atoms. The van der Waals surface area contributed by atoms with Crippen molar-refractivity contribution >= 4 is 31.7 Å². The van der Waals surface area contributed by atoms with Gasteiger partial charge in [0.2, 0.25) is 0 Å². The van der Waals surface area contributed by atoms with Crippen LogP contribution in [0.2, 0.25) is 0 Å². The number of hydrogen-bond donors (Lipinski definition) is 0. The van der Waals surface area contributed by atoms with Gasteiger partial charge in [0.1, 0.15) is 16.3 Å². The lowest BCUT2D eigenvalue weighted by molar-refractivity contribution is 0.480. The summed E-state index contributed by atoms with van der Waals surface area (Å²) in [6.45, 7) is -0.0343. The van der Waals surface area contributed by atoms with Gasteiger partial charge in [-0.2, -0.15) is 8.42 Å². The van der Waals surface area contributed by atoms with Gasteiger partial charge in [-0.25, -0.2) is 4.98 Å². The molecule has 0 aliphatic carbocycles. The number of thiophene rings is 1. The second kappa shape index (κ2) is 7.57. The largest absolute Gasteiger partial charge is 0.382 e. The fraction of sp³-hybridized carbons (Fsp3) is 0.100. The monoisotopic (exact) mass is 412 g/mol. The van der Waals surface area contributed by atoms with Gasteiger partial charge in [-0.1, -0.05) is 48.5 Å². The van der Waals surface area contributed by atoms with Crippen LogP contribution in [0.5, 0.6) is 5.75 Å². The Morgan fingerprint density at radius 2 is 1.68 bits per heavy atom. The molecule has 0 aliphatic heterocycles. The third kappa shape index (κ3) is 3.97. The Morgan fingerprint density at radius 3 is 2.39 bits per heavy atom. The van der Waals surface area contributed by atoms with E-state index in [1.165, 1.54) is 22.2 Å². The fourth-order valence-corrected chi connectivity index (χ4v) is 4.64. The molecule has 28 heavy (non-hydrogen) atoms. The molecule has 142 valence electrons. The molecule has 0 saturated carbocycles. The minimum atomic E-state index is -3.83. The summed E-state index contributed by atoms with van der Waals surface area (Å²) < 4.78 is 30.7. The van der Waals surface area contributed by atoms with Crippen LogP contribution >= 0.6 is 11.3 Å². The molecule has 4 aromatic rings. The Bertz CT molecular complexity index is 1260. The Morgan fingerprint density at radius 1 is 1.00 bits per heavy atom. The third-order valence-corrected chi connectivity index (χ3v) is 6.35. The molecule has 0 atom stereocenters. The predicted molar refractivity (Wildman–Crippen MR) is 110 cm³/mol. The molecule has 8 heteroatoms. The smallest absolute Gasteiger partial charge is 0.310 e. The van der Waals surface area contributed by atoms with Crippen LogP contribution in [0, 0.1) is 0 Å². The maximum atomic E-state index is 12.7. The highest BCUT2D eigenvalue weighted by Gasteiger charge is 2.15. The quantitative estimate of drug-likeness (QED) is 0.453. The second-order valence-electron chi connectivity index (χ2n) is 6.10. The van der Waals surface area contributed by atoms with Gasteiger partial charge in [-0.15, -0.1) is 11.3 Å². The van der Waals surface area contributed by atoms with Crippen LogP contribution in [0.25, 0.3) is 20.7 Å². The first-order valence-electron chi connectivity index (χ1n) is 8.53. The molecule has 2 aromatic heterocycles. The van der Waals surface area contributed by atoms with Gasteiger partial charge >= 0.3 is 10.1 Å². The Labute approximate surface area is 165 Å². The maximum Gasteiger partial charge on any atom is 0.310 e. The SMILES string of the molecule is O=c1c2cc(-c3ccccc3)sc2ncn1CCS(=O)(=O)Oc1ccccc1. The van der Waals surface area contributed by atoms with E-state index in [0.29, 0.717) is 10.2 Å². The molecule has 0 fully saturated rings. The van der Waals surface area contributed by atoms with E-state index < -0.39 is 10.1 Å². The highest BCUT2D eigenvalue weighted by molar-refractivity contribution is 7.87. The Balaban J connectivity index is 1.56. The van der Waals surface area contributed by atoms with E-state index in [1.54, 1.807) is 36.4 Å². The molecular weight excluding hydrogens is 396 g/mol. The second-order valence-corrected chi connectivity index (χ2v) is 8.82. The van der Waals surface area contributed by atoms with Crippen molar-refractivity contribution < 1.29 is 12.6 Å². The van der Waals surface area contributed by atoms with E-state index in [9.17, 15) is 13.2 Å². The molecule has 0 unspecified atom stereocenters. The summed E-state index contributed by atoms with van der Waals surface area (Å²) in [6.07, 6.45) is 1.38. The van der Waals surface area contributed by atoms with E-state index in [0.717, 1.165) is 10.4 Å². The highest BCUT2D eigenvalue weighted by Crippen LogP contribution is 2.30. The number of benzene rings is 2. The average molecular weight is 412 g/mol. The van der Waals surface area contributed by atoms with Crippen molar-refractivity contribution in [1.29, 1.82) is 0 Å². The molecule has 0 amide bonds. The normalized spacial score (nSPS) is 11.6. The molecular formula is C20H16N2O4S2. The summed E-state index contributed by atoms with van der Waals surface area (Å²) in [6, 6.07) is 19.8. The Hall–Kier alpha value is -2.97. The van der Waals surface area contributed by atoms with Gasteiger partial charge in [0.05, 0.1) is 11.7 Å². The summed E-state index contributed by atoms with van der Waals surface area (Å²) >= 11 is 1.43. The minimum Gasteiger partial charge on any atom is -0.382 e. The number of aryl methyl sites for hydroxylation is 1. The zero-order valence-corrected chi connectivity index (χ0v) is 16.3. The standard InChI is InChI=1S/C20H16N2O4S2/c23-20-17-13-18(15-7-3-1-4-8-15)27-19(17)21-14-22(20)11-12-28(24,25)26-16-9-5-2-6-10-16/h1-10,13-14H,11-12H2. The van der Waals surface area contributed by atoms with E-state index >= 15 is 0 Å². The number of hydrogen-bond acceptors (Lipinski definition) is 6. The van der Waals surface area contributed by atoms with Crippen molar-refractivity contribution in [3.05, 3.63) is 83.4 Å². The van der Waals surface area contributed by atoms with Gasteiger partial charge in [0.25, 0.3) is 5.56 Å². The van der Waals surface area contributed by atoms with Crippen molar-refractivity contribution in [3.63, 3.8) is 0 Å². The zero-order valence-electron chi connectivity index (χ0n) is 14.7. The minimum absolute atomic E-state index is 0.0343. The summed E-state index contributed by atoms with van der Waals surface area (Å²) in [4.78, 5) is 18.6. The van der Waals surface area contributed by atoms with E-state index in [-0.39, 0.29) is 23.6 Å². The van der Waals surface area contributed by atoms with Gasteiger partial charge in [-0.05, 0) is 23.8 Å². The van der Waals surface area contributed by atoms with Crippen LogP contribution in [0.1, 0.15) is 0 Å². The first-order chi connectivity index (χ1) is 13.5. The van der Waals surface area contributed by atoms with Crippen LogP contribution in [-0.4, -0.2) is 23.7 Å². The number of fused-ring (bicyclic) bond motifs is 1. The molecule has 2 aromatic carbocycles. The fourth-order valence-electron chi connectivity index (χ4n) is 2.74. The Kier molecular flexibility index (Phi) is 4.97. The predicted octanol–water partition coefficient (Wildman–Crippen LogP) is 3.53. The van der Waals surface area contributed by atoms with Crippen molar-refractivity contribution in [2.45, 2.75) is 6.54 Å². The van der Waals surface area contributed by atoms with Crippen LogP contribution < -0.4 is 9.74 Å². The molecule has 2 heterocycles. The van der Waals surface area contributed by atoms with Gasteiger partial charge in [-0.3, -0.25) is 9.36 Å². The molecule has 0 radical (unpaired) electrons.